The molecule has 0 bridgehead atoms. The summed E-state index contributed by atoms with van der Waals surface area (Å²) in [6, 6.07) is 10.4. The zero-order chi connectivity index (χ0) is 19.3. The van der Waals surface area contributed by atoms with Crippen LogP contribution in [0.3, 0.4) is 0 Å². The molecule has 0 fully saturated rings. The fraction of sp³-hybridized carbons (Fsp3) is 0.278. The number of nitro benzene ring substituents is 1. The van der Waals surface area contributed by atoms with Crippen LogP contribution in [-0.4, -0.2) is 31.5 Å². The lowest BCUT2D eigenvalue weighted by molar-refractivity contribution is -0.885. The molecule has 1 atom stereocenters. The number of quaternary nitrogens is 1. The molecule has 0 saturated heterocycles. The van der Waals surface area contributed by atoms with Crippen molar-refractivity contribution >= 4 is 28.9 Å². The summed E-state index contributed by atoms with van der Waals surface area (Å²) in [6.07, 6.45) is 0. The number of methoxy groups -OCH3 is 1. The largest absolute Gasteiger partial charge is 0.490 e. The molecule has 0 aliphatic carbocycles. The number of benzene rings is 2. The number of aryl methyl sites for hydroxylation is 1. The fourth-order valence-corrected chi connectivity index (χ4v) is 2.85. The van der Waals surface area contributed by atoms with Crippen LogP contribution in [0.4, 0.5) is 11.4 Å². The first-order valence-corrected chi connectivity index (χ1v) is 8.36. The van der Waals surface area contributed by atoms with Crippen LogP contribution in [-0.2, 0) is 11.3 Å². The molecule has 2 N–H and O–H groups in total. The highest BCUT2D eigenvalue weighted by molar-refractivity contribution is 6.30. The topological polar surface area (TPSA) is 85.9 Å². The Bertz CT molecular complexity index is 826. The second-order valence-electron chi connectivity index (χ2n) is 6.08. The third-order valence-electron chi connectivity index (χ3n) is 3.85. The quantitative estimate of drug-likeness (QED) is 0.571. The van der Waals surface area contributed by atoms with E-state index in [1.54, 1.807) is 13.0 Å². The summed E-state index contributed by atoms with van der Waals surface area (Å²) in [4.78, 5) is 23.8. The highest BCUT2D eigenvalue weighted by Crippen LogP contribution is 2.32. The number of amides is 1. The number of hydrogen-bond acceptors (Lipinski definition) is 4. The lowest BCUT2D eigenvalue weighted by Crippen LogP contribution is -3.08. The maximum absolute atomic E-state index is 12.3. The smallest absolute Gasteiger partial charge is 0.311 e. The molecule has 138 valence electrons. The van der Waals surface area contributed by atoms with E-state index in [2.05, 4.69) is 5.32 Å². The molecule has 0 spiro atoms. The van der Waals surface area contributed by atoms with Gasteiger partial charge in [-0.2, -0.15) is 0 Å². The van der Waals surface area contributed by atoms with Crippen molar-refractivity contribution in [2.24, 2.45) is 0 Å². The first-order chi connectivity index (χ1) is 12.3. The number of anilines is 1. The highest BCUT2D eigenvalue weighted by atomic mass is 35.5. The first-order valence-electron chi connectivity index (χ1n) is 7.98. The molecule has 8 heteroatoms. The molecule has 1 amide bonds. The average Bonchev–Trinajstić information content (AvgIpc) is 2.55. The first kappa shape index (κ1) is 19.7. The molecule has 2 rings (SSSR count). The predicted octanol–water partition coefficient (Wildman–Crippen LogP) is 2.22. The molecule has 2 aromatic carbocycles. The van der Waals surface area contributed by atoms with Crippen LogP contribution in [0.15, 0.2) is 36.4 Å². The van der Waals surface area contributed by atoms with Gasteiger partial charge in [0.15, 0.2) is 12.3 Å². The average molecular weight is 379 g/mol. The van der Waals surface area contributed by atoms with Crippen molar-refractivity contribution in [1.29, 1.82) is 0 Å². The van der Waals surface area contributed by atoms with Crippen molar-refractivity contribution in [3.8, 4) is 5.75 Å². The summed E-state index contributed by atoms with van der Waals surface area (Å²) in [5, 5.41) is 14.5. The number of nitro groups is 1. The van der Waals surface area contributed by atoms with E-state index in [4.69, 9.17) is 16.3 Å². The second-order valence-corrected chi connectivity index (χ2v) is 6.52. The van der Waals surface area contributed by atoms with Gasteiger partial charge in [0.25, 0.3) is 5.91 Å². The standard InChI is InChI=1S/C18H20ClN3O4/c1-12-7-16(22(24)25)17(26-3)9-15(12)20-18(23)11-21(2)10-13-5-4-6-14(19)8-13/h4-9H,10-11H2,1-3H3,(H,20,23)/p+1. The van der Waals surface area contributed by atoms with E-state index in [1.165, 1.54) is 19.2 Å². The summed E-state index contributed by atoms with van der Waals surface area (Å²) in [5.74, 6) is -0.0842. The van der Waals surface area contributed by atoms with E-state index < -0.39 is 4.92 Å². The van der Waals surface area contributed by atoms with E-state index in [0.29, 0.717) is 22.8 Å². The Labute approximate surface area is 156 Å². The number of nitrogens with zero attached hydrogens (tertiary/aromatic N) is 1. The summed E-state index contributed by atoms with van der Waals surface area (Å²) < 4.78 is 5.04. The van der Waals surface area contributed by atoms with Crippen LogP contribution >= 0.6 is 11.6 Å². The minimum Gasteiger partial charge on any atom is -0.490 e. The van der Waals surface area contributed by atoms with Crippen molar-refractivity contribution < 1.29 is 19.4 Å². The monoisotopic (exact) mass is 378 g/mol. The maximum atomic E-state index is 12.3. The van der Waals surface area contributed by atoms with E-state index in [1.807, 2.05) is 25.2 Å². The van der Waals surface area contributed by atoms with Gasteiger partial charge >= 0.3 is 5.69 Å². The SMILES string of the molecule is COc1cc(NC(=O)C[NH+](C)Cc2cccc(Cl)c2)c(C)cc1[N+](=O)[O-]. The number of carbonyl (C=O) groups is 1. The summed E-state index contributed by atoms with van der Waals surface area (Å²) >= 11 is 5.97. The van der Waals surface area contributed by atoms with E-state index in [-0.39, 0.29) is 23.9 Å². The molecular formula is C18H21ClN3O4+. The number of carbonyl (C=O) groups excluding carboxylic acids is 1. The van der Waals surface area contributed by atoms with Crippen molar-refractivity contribution in [2.45, 2.75) is 13.5 Å². The van der Waals surface area contributed by atoms with E-state index in [0.717, 1.165) is 10.5 Å². The number of ether oxygens (including phenoxy) is 1. The zero-order valence-electron chi connectivity index (χ0n) is 14.8. The number of likely N-dealkylation sites (N-methyl/N-ethyl adjacent to an activating group) is 1. The van der Waals surface area contributed by atoms with Crippen molar-refractivity contribution in [2.75, 3.05) is 26.0 Å². The number of rotatable bonds is 7. The van der Waals surface area contributed by atoms with Crippen LogP contribution < -0.4 is 15.0 Å². The normalized spacial score (nSPS) is 11.7. The van der Waals surface area contributed by atoms with Gasteiger partial charge in [0.05, 0.1) is 19.1 Å². The van der Waals surface area contributed by atoms with Gasteiger partial charge in [0, 0.05) is 28.4 Å². The Kier molecular flexibility index (Phi) is 6.54. The minimum absolute atomic E-state index is 0.107. The van der Waals surface area contributed by atoms with Gasteiger partial charge in [0.1, 0.15) is 6.54 Å². The lowest BCUT2D eigenvalue weighted by Gasteiger charge is -2.15. The van der Waals surface area contributed by atoms with Crippen LogP contribution in [0.5, 0.6) is 5.75 Å². The molecule has 0 heterocycles. The van der Waals surface area contributed by atoms with Crippen LogP contribution in [0.25, 0.3) is 0 Å². The molecule has 0 aromatic heterocycles. The van der Waals surface area contributed by atoms with Crippen molar-refractivity contribution in [1.82, 2.24) is 0 Å². The van der Waals surface area contributed by atoms with Crippen molar-refractivity contribution in [3.05, 3.63) is 62.7 Å². The summed E-state index contributed by atoms with van der Waals surface area (Å²) in [5.41, 5.74) is 1.99. The molecular weight excluding hydrogens is 358 g/mol. The van der Waals surface area contributed by atoms with Gasteiger partial charge in [0.2, 0.25) is 0 Å². The zero-order valence-corrected chi connectivity index (χ0v) is 15.6. The molecule has 2 aromatic rings. The molecule has 0 aliphatic heterocycles. The Hall–Kier alpha value is -2.64. The highest BCUT2D eigenvalue weighted by Gasteiger charge is 2.19. The Balaban J connectivity index is 2.04. The van der Waals surface area contributed by atoms with Gasteiger partial charge in [-0.1, -0.05) is 23.7 Å². The van der Waals surface area contributed by atoms with Crippen LogP contribution in [0.1, 0.15) is 11.1 Å². The summed E-state index contributed by atoms with van der Waals surface area (Å²) in [7, 11) is 3.26. The Morgan fingerprint density at radius 3 is 2.69 bits per heavy atom. The molecule has 0 aliphatic rings. The molecule has 1 unspecified atom stereocenters. The molecule has 26 heavy (non-hydrogen) atoms. The van der Waals surface area contributed by atoms with Gasteiger partial charge in [-0.25, -0.2) is 0 Å². The minimum atomic E-state index is -0.514. The van der Waals surface area contributed by atoms with Crippen LogP contribution in [0, 0.1) is 17.0 Å². The van der Waals surface area contributed by atoms with Gasteiger partial charge < -0.3 is 15.0 Å². The van der Waals surface area contributed by atoms with E-state index >= 15 is 0 Å². The van der Waals surface area contributed by atoms with Gasteiger partial charge in [-0.05, 0) is 24.6 Å². The van der Waals surface area contributed by atoms with E-state index in [9.17, 15) is 14.9 Å². The third-order valence-corrected chi connectivity index (χ3v) is 4.09. The number of hydrogen-bond donors (Lipinski definition) is 2. The third kappa shape index (κ3) is 5.18. The predicted molar refractivity (Wildman–Crippen MR) is 99.9 cm³/mol. The molecule has 7 nitrogen and oxygen atoms in total. The van der Waals surface area contributed by atoms with Crippen LogP contribution in [0.2, 0.25) is 5.02 Å². The summed E-state index contributed by atoms with van der Waals surface area (Å²) in [6.45, 7) is 2.59. The van der Waals surface area contributed by atoms with Gasteiger partial charge in [-0.15, -0.1) is 0 Å². The Morgan fingerprint density at radius 1 is 1.35 bits per heavy atom. The Morgan fingerprint density at radius 2 is 2.08 bits per heavy atom. The molecule has 0 saturated carbocycles. The lowest BCUT2D eigenvalue weighted by atomic mass is 10.1. The van der Waals surface area contributed by atoms with Crippen molar-refractivity contribution in [3.63, 3.8) is 0 Å². The number of nitrogens with one attached hydrogen (secondary N) is 2. The number of halogens is 1. The second kappa shape index (κ2) is 8.64. The molecule has 0 radical (unpaired) electrons. The fourth-order valence-electron chi connectivity index (χ4n) is 2.64. The maximum Gasteiger partial charge on any atom is 0.311 e. The van der Waals surface area contributed by atoms with Gasteiger partial charge in [-0.3, -0.25) is 14.9 Å².